The van der Waals surface area contributed by atoms with Crippen molar-refractivity contribution in [1.29, 1.82) is 0 Å². The van der Waals surface area contributed by atoms with E-state index in [1.807, 2.05) is 13.8 Å². The second-order valence-electron chi connectivity index (χ2n) is 5.32. The number of carboxylic acids is 1. The number of aromatic nitrogens is 1. The summed E-state index contributed by atoms with van der Waals surface area (Å²) in [5.74, 6) is -0.595. The van der Waals surface area contributed by atoms with Crippen molar-refractivity contribution in [2.75, 3.05) is 25.6 Å². The molecule has 1 aromatic rings. The molecule has 0 bridgehead atoms. The van der Waals surface area contributed by atoms with Crippen LogP contribution in [0.4, 0.5) is 5.82 Å². The number of nitrogens with zero attached hydrogens (tertiary/aromatic N) is 1. The Hall–Kier alpha value is -2.15. The fraction of sp³-hybridized carbons (Fsp3) is 0.533. The van der Waals surface area contributed by atoms with E-state index in [9.17, 15) is 9.59 Å². The Morgan fingerprint density at radius 2 is 2.09 bits per heavy atom. The lowest BCUT2D eigenvalue weighted by Crippen LogP contribution is -2.41. The Balaban J connectivity index is 2.77. The van der Waals surface area contributed by atoms with Crippen LogP contribution < -0.4 is 10.6 Å². The van der Waals surface area contributed by atoms with Gasteiger partial charge in [-0.3, -0.25) is 4.79 Å². The molecule has 0 aromatic carbocycles. The van der Waals surface area contributed by atoms with Crippen molar-refractivity contribution in [2.24, 2.45) is 5.92 Å². The van der Waals surface area contributed by atoms with Gasteiger partial charge in [0.1, 0.15) is 11.9 Å². The Labute approximate surface area is 130 Å². The minimum Gasteiger partial charge on any atom is -0.477 e. The van der Waals surface area contributed by atoms with E-state index in [1.165, 1.54) is 6.07 Å². The molecule has 0 radical (unpaired) electrons. The molecule has 0 aliphatic rings. The monoisotopic (exact) mass is 309 g/mol. The number of carbonyl (C=O) groups excluding carboxylic acids is 1. The van der Waals surface area contributed by atoms with Crippen LogP contribution in [0.5, 0.6) is 0 Å². The van der Waals surface area contributed by atoms with Crippen LogP contribution in [0.25, 0.3) is 0 Å². The number of methoxy groups -OCH3 is 1. The lowest BCUT2D eigenvalue weighted by Gasteiger charge is -2.20. The molecule has 1 aromatic heterocycles. The van der Waals surface area contributed by atoms with Crippen molar-refractivity contribution < 1.29 is 19.4 Å². The van der Waals surface area contributed by atoms with Crippen molar-refractivity contribution in [1.82, 2.24) is 10.3 Å². The number of nitrogens with one attached hydrogen (secondary N) is 2. The van der Waals surface area contributed by atoms with Gasteiger partial charge in [0.2, 0.25) is 5.91 Å². The van der Waals surface area contributed by atoms with E-state index in [2.05, 4.69) is 15.6 Å². The summed E-state index contributed by atoms with van der Waals surface area (Å²) in [6, 6.07) is 4.16. The summed E-state index contributed by atoms with van der Waals surface area (Å²) in [6.45, 7) is 4.89. The zero-order valence-electron chi connectivity index (χ0n) is 13.1. The quantitative estimate of drug-likeness (QED) is 0.596. The highest BCUT2D eigenvalue weighted by Gasteiger charge is 2.20. The number of amides is 1. The van der Waals surface area contributed by atoms with Gasteiger partial charge in [-0.05, 0) is 24.5 Å². The number of aromatic carboxylic acids is 1. The van der Waals surface area contributed by atoms with E-state index in [1.54, 1.807) is 19.2 Å². The molecule has 1 atom stereocenters. The number of hydrogen-bond acceptors (Lipinski definition) is 5. The predicted molar refractivity (Wildman–Crippen MR) is 82.9 cm³/mol. The smallest absolute Gasteiger partial charge is 0.354 e. The highest BCUT2D eigenvalue weighted by molar-refractivity contribution is 5.86. The number of carboxylic acid groups (broad SMARTS) is 1. The number of anilines is 1. The van der Waals surface area contributed by atoms with Gasteiger partial charge in [0.15, 0.2) is 5.69 Å². The van der Waals surface area contributed by atoms with Gasteiger partial charge in [-0.15, -0.1) is 0 Å². The fourth-order valence-corrected chi connectivity index (χ4v) is 1.92. The Morgan fingerprint density at radius 1 is 1.36 bits per heavy atom. The number of rotatable bonds is 9. The van der Waals surface area contributed by atoms with Gasteiger partial charge < -0.3 is 20.5 Å². The zero-order chi connectivity index (χ0) is 16.5. The molecule has 3 N–H and O–H groups in total. The number of ether oxygens (including phenoxy) is 1. The second kappa shape index (κ2) is 8.99. The van der Waals surface area contributed by atoms with Gasteiger partial charge in [-0.25, -0.2) is 9.78 Å². The van der Waals surface area contributed by atoms with E-state index in [0.29, 0.717) is 31.3 Å². The van der Waals surface area contributed by atoms with Crippen molar-refractivity contribution in [3.8, 4) is 0 Å². The Kier molecular flexibility index (Phi) is 7.31. The van der Waals surface area contributed by atoms with Gasteiger partial charge >= 0.3 is 5.97 Å². The minimum absolute atomic E-state index is 0.0620. The molecule has 0 saturated carbocycles. The van der Waals surface area contributed by atoms with Crippen molar-refractivity contribution in [3.05, 3.63) is 23.9 Å². The normalized spacial score (nSPS) is 12.0. The SMILES string of the molecule is COCCNC(=O)[C@H](CC(C)C)Nc1cccc(C(=O)O)n1. The molecular formula is C15H23N3O4. The molecular weight excluding hydrogens is 286 g/mol. The summed E-state index contributed by atoms with van der Waals surface area (Å²) < 4.78 is 4.90. The maximum absolute atomic E-state index is 12.2. The van der Waals surface area contributed by atoms with E-state index in [4.69, 9.17) is 9.84 Å². The van der Waals surface area contributed by atoms with Gasteiger partial charge in [0, 0.05) is 13.7 Å². The number of hydrogen-bond donors (Lipinski definition) is 3. The van der Waals surface area contributed by atoms with E-state index < -0.39 is 12.0 Å². The molecule has 1 heterocycles. The molecule has 7 heteroatoms. The predicted octanol–water partition coefficient (Wildman–Crippen LogP) is 1.37. The molecule has 0 saturated heterocycles. The van der Waals surface area contributed by atoms with Crippen LogP contribution in [0.15, 0.2) is 18.2 Å². The Morgan fingerprint density at radius 3 is 2.68 bits per heavy atom. The molecule has 0 fully saturated rings. The average Bonchev–Trinajstić information content (AvgIpc) is 2.46. The van der Waals surface area contributed by atoms with Crippen LogP contribution in [0.3, 0.4) is 0 Å². The average molecular weight is 309 g/mol. The molecule has 7 nitrogen and oxygen atoms in total. The zero-order valence-corrected chi connectivity index (χ0v) is 13.1. The molecule has 22 heavy (non-hydrogen) atoms. The first-order chi connectivity index (χ1) is 10.4. The van der Waals surface area contributed by atoms with Crippen LogP contribution in [-0.2, 0) is 9.53 Å². The third-order valence-corrected chi connectivity index (χ3v) is 2.92. The summed E-state index contributed by atoms with van der Waals surface area (Å²) >= 11 is 0. The van der Waals surface area contributed by atoms with Crippen molar-refractivity contribution in [3.63, 3.8) is 0 Å². The van der Waals surface area contributed by atoms with E-state index in [-0.39, 0.29) is 11.6 Å². The highest BCUT2D eigenvalue weighted by atomic mass is 16.5. The molecule has 1 rings (SSSR count). The molecule has 122 valence electrons. The van der Waals surface area contributed by atoms with Crippen molar-refractivity contribution in [2.45, 2.75) is 26.3 Å². The largest absolute Gasteiger partial charge is 0.477 e. The third-order valence-electron chi connectivity index (χ3n) is 2.92. The lowest BCUT2D eigenvalue weighted by molar-refractivity contribution is -0.122. The first-order valence-electron chi connectivity index (χ1n) is 7.17. The summed E-state index contributed by atoms with van der Waals surface area (Å²) in [5.41, 5.74) is -0.0620. The fourth-order valence-electron chi connectivity index (χ4n) is 1.92. The maximum Gasteiger partial charge on any atom is 0.354 e. The summed E-state index contributed by atoms with van der Waals surface area (Å²) in [6.07, 6.45) is 0.609. The van der Waals surface area contributed by atoms with Crippen LogP contribution in [0.2, 0.25) is 0 Å². The lowest BCUT2D eigenvalue weighted by atomic mass is 10.0. The second-order valence-corrected chi connectivity index (χ2v) is 5.32. The first-order valence-corrected chi connectivity index (χ1v) is 7.17. The molecule has 0 aliphatic heterocycles. The summed E-state index contributed by atoms with van der Waals surface area (Å²) in [4.78, 5) is 27.1. The Bertz CT molecular complexity index is 505. The maximum atomic E-state index is 12.2. The van der Waals surface area contributed by atoms with Crippen LogP contribution in [-0.4, -0.2) is 48.3 Å². The third kappa shape index (κ3) is 6.09. The standard InChI is InChI=1S/C15H23N3O4/c1-10(2)9-12(14(19)16-7-8-22-3)18-13-6-4-5-11(17-13)15(20)21/h4-6,10,12H,7-9H2,1-3H3,(H,16,19)(H,17,18)(H,20,21)/t12-/m0/s1. The van der Waals surface area contributed by atoms with Gasteiger partial charge in [-0.1, -0.05) is 19.9 Å². The van der Waals surface area contributed by atoms with Gasteiger partial charge in [-0.2, -0.15) is 0 Å². The summed E-state index contributed by atoms with van der Waals surface area (Å²) in [5, 5.41) is 14.7. The topological polar surface area (TPSA) is 101 Å². The molecule has 1 amide bonds. The van der Waals surface area contributed by atoms with Gasteiger partial charge in [0.05, 0.1) is 6.61 Å². The number of carbonyl (C=O) groups is 2. The minimum atomic E-state index is -1.10. The van der Waals surface area contributed by atoms with E-state index in [0.717, 1.165) is 0 Å². The number of pyridine rings is 1. The van der Waals surface area contributed by atoms with E-state index >= 15 is 0 Å². The molecule has 0 unspecified atom stereocenters. The van der Waals surface area contributed by atoms with Crippen LogP contribution in [0.1, 0.15) is 30.8 Å². The first kappa shape index (κ1) is 17.9. The van der Waals surface area contributed by atoms with Gasteiger partial charge in [0.25, 0.3) is 0 Å². The molecule has 0 aliphatic carbocycles. The molecule has 0 spiro atoms. The summed E-state index contributed by atoms with van der Waals surface area (Å²) in [7, 11) is 1.57. The van der Waals surface area contributed by atoms with Crippen LogP contribution in [0, 0.1) is 5.92 Å². The highest BCUT2D eigenvalue weighted by Crippen LogP contribution is 2.12. The van der Waals surface area contributed by atoms with Crippen molar-refractivity contribution >= 4 is 17.7 Å². The van der Waals surface area contributed by atoms with Crippen LogP contribution >= 0.6 is 0 Å².